The van der Waals surface area contributed by atoms with Gasteiger partial charge in [-0.2, -0.15) is 0 Å². The molecule has 1 aromatic carbocycles. The van der Waals surface area contributed by atoms with E-state index in [0.29, 0.717) is 5.56 Å². The number of ketones is 1. The van der Waals surface area contributed by atoms with Crippen molar-refractivity contribution >= 4 is 17.5 Å². The van der Waals surface area contributed by atoms with Gasteiger partial charge in [0, 0.05) is 11.6 Å². The molecule has 0 saturated heterocycles. The van der Waals surface area contributed by atoms with Crippen molar-refractivity contribution in [3.8, 4) is 0 Å². The Bertz CT molecular complexity index is 504. The Kier molecular flexibility index (Phi) is 4.48. The lowest BCUT2D eigenvalue weighted by Gasteiger charge is -2.19. The molecule has 19 heavy (non-hydrogen) atoms. The van der Waals surface area contributed by atoms with E-state index in [4.69, 9.17) is 0 Å². The topological polar surface area (TPSA) is 63.6 Å². The van der Waals surface area contributed by atoms with Crippen LogP contribution in [0.4, 0.5) is 0 Å². The maximum Gasteiger partial charge on any atom is 0.378 e. The van der Waals surface area contributed by atoms with Crippen LogP contribution in [0.3, 0.4) is 0 Å². The molecule has 0 bridgehead atoms. The fourth-order valence-electron chi connectivity index (χ4n) is 1.51. The molecule has 0 heterocycles. The van der Waals surface area contributed by atoms with Crippen molar-refractivity contribution < 1.29 is 19.4 Å². The van der Waals surface area contributed by atoms with Crippen molar-refractivity contribution in [1.82, 2.24) is 0 Å². The quantitative estimate of drug-likeness (QED) is 0.393. The summed E-state index contributed by atoms with van der Waals surface area (Å²) in [6, 6.07) is 7.16. The summed E-state index contributed by atoms with van der Waals surface area (Å²) in [6.45, 7) is 6.25. The van der Waals surface area contributed by atoms with E-state index in [1.54, 1.807) is 12.1 Å². The molecule has 1 rings (SSSR count). The van der Waals surface area contributed by atoms with Crippen LogP contribution in [0, 0.1) is 0 Å². The van der Waals surface area contributed by atoms with E-state index in [2.05, 4.69) is 25.5 Å². The zero-order chi connectivity index (χ0) is 14.6. The Labute approximate surface area is 112 Å². The second kappa shape index (κ2) is 5.69. The standard InChI is InChI=1S/C15H18O4/c1-15(2,3)11-7-5-10(6-8-11)12(16)9-13(17)14(18)19-4/h5-9,16H,1-4H3. The maximum atomic E-state index is 11.3. The highest BCUT2D eigenvalue weighted by atomic mass is 16.5. The van der Waals surface area contributed by atoms with Crippen LogP contribution < -0.4 is 0 Å². The molecule has 0 aromatic heterocycles. The van der Waals surface area contributed by atoms with Gasteiger partial charge in [0.05, 0.1) is 7.11 Å². The predicted molar refractivity (Wildman–Crippen MR) is 72.8 cm³/mol. The molecular formula is C15H18O4. The van der Waals surface area contributed by atoms with Crippen molar-refractivity contribution in [3.05, 3.63) is 41.5 Å². The number of esters is 1. The molecule has 0 spiro atoms. The van der Waals surface area contributed by atoms with E-state index in [-0.39, 0.29) is 11.2 Å². The van der Waals surface area contributed by atoms with Gasteiger partial charge in [-0.15, -0.1) is 0 Å². The first kappa shape index (κ1) is 15.0. The smallest absolute Gasteiger partial charge is 0.378 e. The monoisotopic (exact) mass is 262 g/mol. The van der Waals surface area contributed by atoms with Crippen molar-refractivity contribution in [1.29, 1.82) is 0 Å². The van der Waals surface area contributed by atoms with Crippen LogP contribution in [0.2, 0.25) is 0 Å². The van der Waals surface area contributed by atoms with E-state index in [0.717, 1.165) is 18.7 Å². The van der Waals surface area contributed by atoms with Crippen LogP contribution in [0.15, 0.2) is 30.3 Å². The summed E-state index contributed by atoms with van der Waals surface area (Å²) in [7, 11) is 1.11. The summed E-state index contributed by atoms with van der Waals surface area (Å²) in [6.07, 6.45) is 0.859. The zero-order valence-electron chi connectivity index (χ0n) is 11.6. The van der Waals surface area contributed by atoms with E-state index >= 15 is 0 Å². The second-order valence-corrected chi connectivity index (χ2v) is 5.21. The van der Waals surface area contributed by atoms with Crippen LogP contribution in [0.5, 0.6) is 0 Å². The van der Waals surface area contributed by atoms with Crippen LogP contribution in [-0.2, 0) is 19.7 Å². The lowest BCUT2D eigenvalue weighted by molar-refractivity contribution is -0.149. The molecule has 102 valence electrons. The third-order valence-corrected chi connectivity index (χ3v) is 2.70. The first-order chi connectivity index (χ1) is 8.75. The number of aliphatic hydroxyl groups is 1. The van der Waals surface area contributed by atoms with Gasteiger partial charge in [0.2, 0.25) is 0 Å². The predicted octanol–water partition coefficient (Wildman–Crippen LogP) is 2.63. The van der Waals surface area contributed by atoms with E-state index in [9.17, 15) is 14.7 Å². The Balaban J connectivity index is 2.96. The fourth-order valence-corrected chi connectivity index (χ4v) is 1.51. The first-order valence-electron chi connectivity index (χ1n) is 5.89. The highest BCUT2D eigenvalue weighted by molar-refractivity contribution is 6.39. The summed E-state index contributed by atoms with van der Waals surface area (Å²) >= 11 is 0. The van der Waals surface area contributed by atoms with Crippen LogP contribution >= 0.6 is 0 Å². The summed E-state index contributed by atoms with van der Waals surface area (Å²) < 4.78 is 4.27. The molecular weight excluding hydrogens is 244 g/mol. The largest absolute Gasteiger partial charge is 0.507 e. The lowest BCUT2D eigenvalue weighted by Crippen LogP contribution is -2.13. The molecule has 0 fully saturated rings. The van der Waals surface area contributed by atoms with Gasteiger partial charge >= 0.3 is 5.97 Å². The molecule has 1 aromatic rings. The minimum atomic E-state index is -1.00. The number of aliphatic hydroxyl groups excluding tert-OH is 1. The third kappa shape index (κ3) is 3.95. The number of rotatable bonds is 3. The average molecular weight is 262 g/mol. The van der Waals surface area contributed by atoms with Gasteiger partial charge in [0.1, 0.15) is 5.76 Å². The molecule has 0 aliphatic carbocycles. The second-order valence-electron chi connectivity index (χ2n) is 5.21. The van der Waals surface area contributed by atoms with Gasteiger partial charge < -0.3 is 9.84 Å². The molecule has 0 amide bonds. The summed E-state index contributed by atoms with van der Waals surface area (Å²) in [5.41, 5.74) is 1.60. The molecule has 0 radical (unpaired) electrons. The summed E-state index contributed by atoms with van der Waals surface area (Å²) in [5, 5.41) is 9.76. The fraction of sp³-hybridized carbons (Fsp3) is 0.333. The SMILES string of the molecule is COC(=O)C(=O)C=C(O)c1ccc(C(C)(C)C)cc1. The Hall–Kier alpha value is -2.10. The van der Waals surface area contributed by atoms with Crippen molar-refractivity contribution in [2.75, 3.05) is 7.11 Å². The Morgan fingerprint density at radius 1 is 1.16 bits per heavy atom. The number of benzene rings is 1. The minimum absolute atomic E-state index is 0.0136. The third-order valence-electron chi connectivity index (χ3n) is 2.70. The molecule has 1 N–H and O–H groups in total. The number of carbonyl (C=O) groups excluding carboxylic acids is 2. The van der Waals surface area contributed by atoms with E-state index < -0.39 is 11.8 Å². The molecule has 4 heteroatoms. The molecule has 0 aliphatic heterocycles. The average Bonchev–Trinajstić information content (AvgIpc) is 2.36. The van der Waals surface area contributed by atoms with Crippen LogP contribution in [-0.4, -0.2) is 24.0 Å². The number of carbonyl (C=O) groups is 2. The highest BCUT2D eigenvalue weighted by Gasteiger charge is 2.15. The van der Waals surface area contributed by atoms with Gasteiger partial charge in [-0.05, 0) is 11.0 Å². The Morgan fingerprint density at radius 2 is 1.68 bits per heavy atom. The van der Waals surface area contributed by atoms with E-state index in [1.807, 2.05) is 12.1 Å². The molecule has 0 aliphatic rings. The molecule has 0 atom stereocenters. The highest BCUT2D eigenvalue weighted by Crippen LogP contribution is 2.23. The number of ether oxygens (including phenoxy) is 1. The number of hydrogen-bond acceptors (Lipinski definition) is 4. The summed E-state index contributed by atoms with van der Waals surface area (Å²) in [4.78, 5) is 22.2. The number of hydrogen-bond donors (Lipinski definition) is 1. The molecule has 0 unspecified atom stereocenters. The van der Waals surface area contributed by atoms with Gasteiger partial charge in [0.25, 0.3) is 5.78 Å². The van der Waals surface area contributed by atoms with Crippen molar-refractivity contribution in [2.24, 2.45) is 0 Å². The van der Waals surface area contributed by atoms with Crippen molar-refractivity contribution in [3.63, 3.8) is 0 Å². The van der Waals surface area contributed by atoms with E-state index in [1.165, 1.54) is 0 Å². The van der Waals surface area contributed by atoms with Crippen LogP contribution in [0.1, 0.15) is 31.9 Å². The first-order valence-corrected chi connectivity index (χ1v) is 5.89. The van der Waals surface area contributed by atoms with Gasteiger partial charge in [-0.3, -0.25) is 4.79 Å². The van der Waals surface area contributed by atoms with Gasteiger partial charge in [-0.1, -0.05) is 45.0 Å². The zero-order valence-corrected chi connectivity index (χ0v) is 11.6. The van der Waals surface area contributed by atoms with Gasteiger partial charge in [0.15, 0.2) is 0 Å². The number of methoxy groups -OCH3 is 1. The Morgan fingerprint density at radius 3 is 2.11 bits per heavy atom. The molecule has 0 saturated carbocycles. The maximum absolute atomic E-state index is 11.3. The van der Waals surface area contributed by atoms with Crippen LogP contribution in [0.25, 0.3) is 5.76 Å². The lowest BCUT2D eigenvalue weighted by atomic mass is 9.86. The minimum Gasteiger partial charge on any atom is -0.507 e. The molecule has 4 nitrogen and oxygen atoms in total. The van der Waals surface area contributed by atoms with Crippen molar-refractivity contribution in [2.45, 2.75) is 26.2 Å². The normalized spacial score (nSPS) is 12.1. The summed E-state index contributed by atoms with van der Waals surface area (Å²) in [5.74, 6) is -2.14. The van der Waals surface area contributed by atoms with Gasteiger partial charge in [-0.25, -0.2) is 4.79 Å².